The molecule has 0 radical (unpaired) electrons. The van der Waals surface area contributed by atoms with Gasteiger partial charge in [0.15, 0.2) is 0 Å². The summed E-state index contributed by atoms with van der Waals surface area (Å²) in [5.41, 5.74) is -1.15. The molecule has 1 aliphatic heterocycles. The number of benzene rings is 1. The minimum absolute atomic E-state index is 0. The number of rotatable bonds is 4. The van der Waals surface area contributed by atoms with Gasteiger partial charge in [-0.25, -0.2) is 4.99 Å². The topological polar surface area (TPSA) is 81.6 Å². The smallest absolute Gasteiger partial charge is 0.846 e. The molecule has 0 bridgehead atoms. The van der Waals surface area contributed by atoms with Crippen LogP contribution in [0.15, 0.2) is 39.8 Å². The van der Waals surface area contributed by atoms with Crippen LogP contribution in [0.2, 0.25) is 0 Å². The Hall–Kier alpha value is -0.690. The van der Waals surface area contributed by atoms with E-state index in [1.165, 1.54) is 0 Å². The van der Waals surface area contributed by atoms with Gasteiger partial charge in [0, 0.05) is 4.47 Å². The number of halogens is 1. The van der Waals surface area contributed by atoms with Gasteiger partial charge >= 0.3 is 29.6 Å². The Morgan fingerprint density at radius 3 is 2.21 bits per heavy atom. The van der Waals surface area contributed by atoms with Crippen molar-refractivity contribution in [2.45, 2.75) is 40.0 Å². The summed E-state index contributed by atoms with van der Waals surface area (Å²) in [5, 5.41) is 13.1. The van der Waals surface area contributed by atoms with Crippen LogP contribution in [-0.2, 0) is 9.59 Å². The number of aliphatic imine (C=N–C) groups is 1. The van der Waals surface area contributed by atoms with Crippen LogP contribution in [0.5, 0.6) is 0 Å². The van der Waals surface area contributed by atoms with E-state index >= 15 is 0 Å². The van der Waals surface area contributed by atoms with E-state index in [-0.39, 0.29) is 35.5 Å². The minimum Gasteiger partial charge on any atom is -0.846 e. The summed E-state index contributed by atoms with van der Waals surface area (Å²) < 4.78 is 1.13. The number of carbonyl (C=O) groups excluding carboxylic acids is 2. The van der Waals surface area contributed by atoms with Crippen LogP contribution < -0.4 is 40.0 Å². The monoisotopic (exact) mass is 404 g/mol. The summed E-state index contributed by atoms with van der Waals surface area (Å²) in [7, 11) is 0. The van der Waals surface area contributed by atoms with Crippen molar-refractivity contribution in [3.63, 3.8) is 0 Å². The number of amidine groups is 1. The molecular formula is C17H22BrN2NaO3. The van der Waals surface area contributed by atoms with Gasteiger partial charge in [-0.05, 0) is 30.9 Å². The van der Waals surface area contributed by atoms with Gasteiger partial charge in [0.1, 0.15) is 5.41 Å². The maximum Gasteiger partial charge on any atom is 1.00 e. The van der Waals surface area contributed by atoms with Crippen LogP contribution in [0.25, 0.3) is 0 Å². The molecule has 126 valence electrons. The normalized spacial score (nSPS) is 20.8. The molecule has 0 aliphatic carbocycles. The molecule has 2 atom stereocenters. The van der Waals surface area contributed by atoms with Gasteiger partial charge in [-0.3, -0.25) is 9.59 Å². The number of hydrogen-bond acceptors (Lipinski definition) is 3. The summed E-state index contributed by atoms with van der Waals surface area (Å²) in [6, 6.07) is 9.13. The molecule has 0 spiro atoms. The third kappa shape index (κ3) is 5.69. The van der Waals surface area contributed by atoms with E-state index in [1.807, 2.05) is 44.2 Å². The fourth-order valence-electron chi connectivity index (χ4n) is 2.71. The number of nitrogens with zero attached hydrogens (tertiary/aromatic N) is 1. The van der Waals surface area contributed by atoms with Gasteiger partial charge in [0.25, 0.3) is 5.91 Å². The van der Waals surface area contributed by atoms with E-state index in [9.17, 15) is 14.7 Å². The molecule has 1 N–H and O–H groups in total. The van der Waals surface area contributed by atoms with Crippen molar-refractivity contribution < 1.29 is 44.3 Å². The molecule has 2 rings (SSSR count). The van der Waals surface area contributed by atoms with Gasteiger partial charge in [0.2, 0.25) is 5.91 Å². The van der Waals surface area contributed by atoms with Crippen molar-refractivity contribution in [2.24, 2.45) is 16.3 Å². The predicted molar refractivity (Wildman–Crippen MR) is 91.5 cm³/mol. The van der Waals surface area contributed by atoms with Crippen molar-refractivity contribution in [3.8, 4) is 0 Å². The molecule has 0 fully saturated rings. The largest absolute Gasteiger partial charge is 1.00 e. The van der Waals surface area contributed by atoms with Crippen LogP contribution in [-0.4, -0.2) is 17.8 Å². The Morgan fingerprint density at radius 1 is 1.25 bits per heavy atom. The molecule has 1 heterocycles. The van der Waals surface area contributed by atoms with E-state index in [4.69, 9.17) is 0 Å². The van der Waals surface area contributed by atoms with Gasteiger partial charge in [0.05, 0.1) is 6.02 Å². The summed E-state index contributed by atoms with van der Waals surface area (Å²) >= 11 is 3.31. The molecule has 0 aromatic heterocycles. The summed E-state index contributed by atoms with van der Waals surface area (Å²) in [5.74, 6) is -1.20. The van der Waals surface area contributed by atoms with Crippen LogP contribution in [0, 0.1) is 11.3 Å². The van der Waals surface area contributed by atoms with E-state index in [0.29, 0.717) is 6.42 Å². The Morgan fingerprint density at radius 2 is 1.83 bits per heavy atom. The number of nitrogens with one attached hydrogen (secondary N) is 1. The molecule has 5 nitrogen and oxygen atoms in total. The average molecular weight is 405 g/mol. The van der Waals surface area contributed by atoms with Crippen LogP contribution in [0.4, 0.5) is 0 Å². The van der Waals surface area contributed by atoms with Gasteiger partial charge in [-0.2, -0.15) is 0 Å². The second-order valence-corrected chi connectivity index (χ2v) is 6.40. The van der Waals surface area contributed by atoms with Crippen molar-refractivity contribution in [1.82, 2.24) is 5.32 Å². The molecule has 2 amide bonds. The predicted octanol–water partition coefficient (Wildman–Crippen LogP) is -0.355. The number of carbonyl (C=O) groups is 2. The molecule has 1 aliphatic rings. The second kappa shape index (κ2) is 11.0. The quantitative estimate of drug-likeness (QED) is 0.549. The molecule has 2 unspecified atom stereocenters. The van der Waals surface area contributed by atoms with Gasteiger partial charge in [-0.1, -0.05) is 61.3 Å². The Labute approximate surface area is 173 Å². The SMILES string of the molecule is Brc1ccccc1.CCCC(C)C1(CC)C(=O)N=C([O-])NC1=O.[Na+]. The average Bonchev–Trinajstić information content (AvgIpc) is 2.49. The Kier molecular flexibility index (Phi) is 10.7. The molecule has 7 heteroatoms. The fraction of sp³-hybridized carbons (Fsp3) is 0.471. The van der Waals surface area contributed by atoms with E-state index < -0.39 is 23.3 Å². The number of hydrogen-bond donors (Lipinski definition) is 1. The molecular weight excluding hydrogens is 383 g/mol. The van der Waals surface area contributed by atoms with Crippen molar-refractivity contribution in [1.29, 1.82) is 0 Å². The van der Waals surface area contributed by atoms with Crippen LogP contribution in [0.1, 0.15) is 40.0 Å². The molecule has 1 aromatic rings. The van der Waals surface area contributed by atoms with E-state index in [0.717, 1.165) is 17.3 Å². The van der Waals surface area contributed by atoms with Gasteiger partial charge < -0.3 is 10.4 Å². The first-order valence-electron chi connectivity index (χ1n) is 7.70. The second-order valence-electron chi connectivity index (χ2n) is 5.49. The van der Waals surface area contributed by atoms with Crippen LogP contribution in [0.3, 0.4) is 0 Å². The van der Waals surface area contributed by atoms with Crippen molar-refractivity contribution >= 4 is 33.8 Å². The first-order valence-corrected chi connectivity index (χ1v) is 8.49. The van der Waals surface area contributed by atoms with Crippen molar-refractivity contribution in [2.75, 3.05) is 0 Å². The fourth-order valence-corrected chi connectivity index (χ4v) is 3.02. The molecule has 24 heavy (non-hydrogen) atoms. The zero-order chi connectivity index (χ0) is 17.5. The minimum atomic E-state index is -1.15. The van der Waals surface area contributed by atoms with E-state index in [2.05, 4.69) is 26.2 Å². The van der Waals surface area contributed by atoms with E-state index in [1.54, 1.807) is 6.92 Å². The molecule has 0 saturated carbocycles. The molecule has 0 saturated heterocycles. The first-order chi connectivity index (χ1) is 10.9. The standard InChI is InChI=1S/C11H18N2O3.C6H5Br.Na/c1-4-6-7(3)11(5-2)8(14)12-10(16)13-9(11)15;7-6-4-2-1-3-5-6;/h7H,4-6H2,1-3H3,(H2,12,13,14,15,16);1-5H;/q;;+1/p-1. The first kappa shape index (κ1) is 23.3. The third-order valence-electron chi connectivity index (χ3n) is 4.06. The Balaban J connectivity index is 0.000000555. The number of amides is 2. The van der Waals surface area contributed by atoms with Crippen LogP contribution >= 0.6 is 15.9 Å². The van der Waals surface area contributed by atoms with Gasteiger partial charge in [-0.15, -0.1) is 0 Å². The maximum atomic E-state index is 11.9. The summed E-state index contributed by atoms with van der Waals surface area (Å²) in [4.78, 5) is 27.1. The third-order valence-corrected chi connectivity index (χ3v) is 4.59. The maximum absolute atomic E-state index is 11.9. The zero-order valence-corrected chi connectivity index (χ0v) is 18.2. The van der Waals surface area contributed by atoms with Crippen molar-refractivity contribution in [3.05, 3.63) is 34.8 Å². The molecule has 1 aromatic carbocycles. The summed E-state index contributed by atoms with van der Waals surface area (Å²) in [6.45, 7) is 5.62. The Bertz CT molecular complexity index is 580. The summed E-state index contributed by atoms with van der Waals surface area (Å²) in [6.07, 6.45) is 2.02. The zero-order valence-electron chi connectivity index (χ0n) is 14.6.